The average Bonchev–Trinajstić information content (AvgIpc) is 2.88. The van der Waals surface area contributed by atoms with Crippen LogP contribution in [0.25, 0.3) is 5.95 Å². The fourth-order valence-corrected chi connectivity index (χ4v) is 2.31. The van der Waals surface area contributed by atoms with Gasteiger partial charge in [-0.1, -0.05) is 0 Å². The summed E-state index contributed by atoms with van der Waals surface area (Å²) in [6, 6.07) is 1.54. The molecule has 0 spiro atoms. The molecule has 0 radical (unpaired) electrons. The minimum atomic E-state index is -1.70. The Balaban J connectivity index is 1.82. The zero-order valence-electron chi connectivity index (χ0n) is 14.1. The van der Waals surface area contributed by atoms with Crippen LogP contribution < -0.4 is 5.32 Å². The van der Waals surface area contributed by atoms with E-state index in [0.717, 1.165) is 23.0 Å². The third kappa shape index (κ3) is 3.03. The third-order valence-electron chi connectivity index (χ3n) is 4.02. The van der Waals surface area contributed by atoms with Crippen molar-refractivity contribution in [3.8, 4) is 5.95 Å². The number of amides is 1. The van der Waals surface area contributed by atoms with Gasteiger partial charge in [0.25, 0.3) is 11.9 Å². The highest BCUT2D eigenvalue weighted by molar-refractivity contribution is 6.04. The number of nitrogens with one attached hydrogen (secondary N) is 1. The number of aromatic nitrogens is 4. The van der Waals surface area contributed by atoms with E-state index in [1.54, 1.807) is 4.68 Å². The first-order valence-corrected chi connectivity index (χ1v) is 7.59. The van der Waals surface area contributed by atoms with Crippen molar-refractivity contribution >= 4 is 11.6 Å². The summed E-state index contributed by atoms with van der Waals surface area (Å²) in [6.07, 6.45) is 2.62. The summed E-state index contributed by atoms with van der Waals surface area (Å²) in [5.41, 5.74) is 2.28. The Bertz CT molecular complexity index is 999. The molecule has 6 nitrogen and oxygen atoms in total. The van der Waals surface area contributed by atoms with Gasteiger partial charge in [-0.25, -0.2) is 27.8 Å². The Morgan fingerprint density at radius 2 is 1.69 bits per heavy atom. The lowest BCUT2D eigenvalue weighted by molar-refractivity contribution is 0.102. The van der Waals surface area contributed by atoms with Gasteiger partial charge in [0.15, 0.2) is 17.5 Å². The second-order valence-electron chi connectivity index (χ2n) is 5.66. The number of carbonyl (C=O) groups is 1. The zero-order chi connectivity index (χ0) is 19.0. The minimum absolute atomic E-state index is 0.168. The van der Waals surface area contributed by atoms with Crippen LogP contribution in [0.4, 0.5) is 18.9 Å². The van der Waals surface area contributed by atoms with Gasteiger partial charge < -0.3 is 5.32 Å². The van der Waals surface area contributed by atoms with Gasteiger partial charge in [-0.2, -0.15) is 5.10 Å². The molecule has 0 aliphatic carbocycles. The number of nitrogens with zero attached hydrogens (tertiary/aromatic N) is 4. The van der Waals surface area contributed by atoms with E-state index in [1.165, 1.54) is 12.4 Å². The number of halogens is 3. The lowest BCUT2D eigenvalue weighted by Gasteiger charge is -2.07. The number of hydrogen-bond donors (Lipinski definition) is 1. The van der Waals surface area contributed by atoms with Crippen molar-refractivity contribution in [2.24, 2.45) is 0 Å². The van der Waals surface area contributed by atoms with Gasteiger partial charge >= 0.3 is 0 Å². The average molecular weight is 361 g/mol. The van der Waals surface area contributed by atoms with Gasteiger partial charge in [0.1, 0.15) is 0 Å². The quantitative estimate of drug-likeness (QED) is 0.727. The molecule has 1 amide bonds. The normalized spacial score (nSPS) is 10.8. The first-order chi connectivity index (χ1) is 12.3. The van der Waals surface area contributed by atoms with Gasteiger partial charge in [-0.05, 0) is 38.5 Å². The lowest BCUT2D eigenvalue weighted by atomic mass is 10.2. The second kappa shape index (κ2) is 6.58. The molecular weight excluding hydrogens is 347 g/mol. The maximum atomic E-state index is 13.7. The van der Waals surface area contributed by atoms with Crippen molar-refractivity contribution in [3.63, 3.8) is 0 Å². The molecule has 0 unspecified atom stereocenters. The topological polar surface area (TPSA) is 72.7 Å². The smallest absolute Gasteiger partial charge is 0.258 e. The van der Waals surface area contributed by atoms with Gasteiger partial charge in [0.05, 0.1) is 29.3 Å². The molecule has 26 heavy (non-hydrogen) atoms. The number of benzene rings is 1. The molecule has 3 rings (SSSR count). The molecule has 0 atom stereocenters. The Kier molecular flexibility index (Phi) is 4.45. The monoisotopic (exact) mass is 361 g/mol. The van der Waals surface area contributed by atoms with Crippen LogP contribution in [0.3, 0.4) is 0 Å². The van der Waals surface area contributed by atoms with Crippen molar-refractivity contribution in [3.05, 3.63) is 64.5 Å². The Labute approximate surface area is 146 Å². The van der Waals surface area contributed by atoms with Crippen molar-refractivity contribution in [2.45, 2.75) is 20.8 Å². The van der Waals surface area contributed by atoms with E-state index in [2.05, 4.69) is 20.4 Å². The molecule has 134 valence electrons. The molecule has 9 heteroatoms. The predicted molar refractivity (Wildman–Crippen MR) is 87.6 cm³/mol. The maximum Gasteiger partial charge on any atom is 0.258 e. The van der Waals surface area contributed by atoms with E-state index in [0.29, 0.717) is 12.0 Å². The lowest BCUT2D eigenvalue weighted by Crippen LogP contribution is -2.16. The van der Waals surface area contributed by atoms with E-state index >= 15 is 0 Å². The van der Waals surface area contributed by atoms with Crippen molar-refractivity contribution in [1.82, 2.24) is 19.7 Å². The van der Waals surface area contributed by atoms with E-state index in [4.69, 9.17) is 0 Å². The summed E-state index contributed by atoms with van der Waals surface area (Å²) in [7, 11) is 0. The summed E-state index contributed by atoms with van der Waals surface area (Å²) in [5.74, 6) is -5.27. The molecular formula is C17H14F3N5O. The summed E-state index contributed by atoms with van der Waals surface area (Å²) >= 11 is 0. The number of anilines is 1. The number of aryl methyl sites for hydroxylation is 1. The molecule has 0 fully saturated rings. The molecule has 0 aliphatic rings. The number of rotatable bonds is 3. The highest BCUT2D eigenvalue weighted by atomic mass is 19.2. The Hall–Kier alpha value is -3.23. The fraction of sp³-hybridized carbons (Fsp3) is 0.176. The van der Waals surface area contributed by atoms with Crippen molar-refractivity contribution < 1.29 is 18.0 Å². The summed E-state index contributed by atoms with van der Waals surface area (Å²) in [4.78, 5) is 20.3. The molecule has 1 aromatic carbocycles. The molecule has 2 heterocycles. The second-order valence-corrected chi connectivity index (χ2v) is 5.66. The number of carbonyl (C=O) groups excluding carboxylic acids is 1. The van der Waals surface area contributed by atoms with Gasteiger partial charge in [-0.15, -0.1) is 0 Å². The maximum absolute atomic E-state index is 13.7. The molecule has 1 N–H and O–H groups in total. The van der Waals surface area contributed by atoms with Crippen LogP contribution in [0.15, 0.2) is 24.5 Å². The first-order valence-electron chi connectivity index (χ1n) is 7.59. The Morgan fingerprint density at radius 3 is 2.27 bits per heavy atom. The largest absolute Gasteiger partial charge is 0.319 e. The van der Waals surface area contributed by atoms with Crippen LogP contribution in [-0.2, 0) is 0 Å². The van der Waals surface area contributed by atoms with E-state index in [1.807, 2.05) is 20.8 Å². The fourth-order valence-electron chi connectivity index (χ4n) is 2.31. The van der Waals surface area contributed by atoms with Crippen molar-refractivity contribution in [2.75, 3.05) is 5.32 Å². The van der Waals surface area contributed by atoms with Gasteiger partial charge in [0.2, 0.25) is 0 Å². The summed E-state index contributed by atoms with van der Waals surface area (Å²) in [6.45, 7) is 5.67. The molecule has 3 aromatic rings. The molecule has 0 aliphatic heterocycles. The van der Waals surface area contributed by atoms with E-state index in [9.17, 15) is 18.0 Å². The first kappa shape index (κ1) is 17.6. The van der Waals surface area contributed by atoms with Crippen LogP contribution in [0, 0.1) is 38.2 Å². The van der Waals surface area contributed by atoms with Crippen LogP contribution in [0.5, 0.6) is 0 Å². The van der Waals surface area contributed by atoms with Crippen LogP contribution in [0.2, 0.25) is 0 Å². The minimum Gasteiger partial charge on any atom is -0.319 e. The van der Waals surface area contributed by atoms with Crippen molar-refractivity contribution in [1.29, 1.82) is 0 Å². The molecule has 2 aromatic heterocycles. The van der Waals surface area contributed by atoms with E-state index < -0.39 is 28.9 Å². The van der Waals surface area contributed by atoms with Gasteiger partial charge in [0, 0.05) is 5.69 Å². The highest BCUT2D eigenvalue weighted by Crippen LogP contribution is 2.18. The predicted octanol–water partition coefficient (Wildman–Crippen LogP) is 3.26. The van der Waals surface area contributed by atoms with Gasteiger partial charge in [-0.3, -0.25) is 4.79 Å². The Morgan fingerprint density at radius 1 is 1.04 bits per heavy atom. The summed E-state index contributed by atoms with van der Waals surface area (Å²) in [5, 5.41) is 6.66. The molecule has 0 saturated carbocycles. The van der Waals surface area contributed by atoms with Crippen LogP contribution in [-0.4, -0.2) is 25.7 Å². The summed E-state index contributed by atoms with van der Waals surface area (Å²) < 4.78 is 41.4. The SMILES string of the molecule is Cc1nn(-c2ncc(NC(=O)c3ccc(F)c(F)c3F)cn2)c(C)c1C. The number of hydrogen-bond acceptors (Lipinski definition) is 4. The standard InChI is InChI=1S/C17H14F3N5O/c1-8-9(2)24-25(10(8)3)17-21-6-11(7-22-17)23-16(26)12-4-5-13(18)15(20)14(12)19/h4-7H,1-3H3,(H,23,26). The molecule has 0 saturated heterocycles. The third-order valence-corrected chi connectivity index (χ3v) is 4.02. The van der Waals surface area contributed by atoms with Crippen LogP contribution >= 0.6 is 0 Å². The van der Waals surface area contributed by atoms with E-state index in [-0.39, 0.29) is 5.69 Å². The highest BCUT2D eigenvalue weighted by Gasteiger charge is 2.19. The zero-order valence-corrected chi connectivity index (χ0v) is 14.1. The van der Waals surface area contributed by atoms with Crippen LogP contribution in [0.1, 0.15) is 27.3 Å². The molecule has 0 bridgehead atoms.